The van der Waals surface area contributed by atoms with E-state index in [9.17, 15) is 43.2 Å². The molecule has 13 heteroatoms. The number of hydrogen-bond acceptors (Lipinski definition) is 12. The number of rotatable bonds is 3. The summed E-state index contributed by atoms with van der Waals surface area (Å²) in [5.41, 5.74) is -4.82. The molecule has 0 unspecified atom stereocenters. The Morgan fingerprint density at radius 2 is 0.413 bits per heavy atom. The van der Waals surface area contributed by atoms with Crippen molar-refractivity contribution in [3.63, 3.8) is 0 Å². The molecule has 0 spiro atoms. The van der Waals surface area contributed by atoms with Gasteiger partial charge in [-0.1, -0.05) is 62.3 Å². The molecule has 0 heterocycles. The van der Waals surface area contributed by atoms with Crippen LogP contribution in [-0.2, 0) is 57.4 Å². The fourth-order valence-electron chi connectivity index (χ4n) is 1.77. The molecule has 46 heavy (non-hydrogen) atoms. The van der Waals surface area contributed by atoms with Crippen LogP contribution in [-0.4, -0.2) is 98.6 Å². The molecule has 0 N–H and O–H groups in total. The maximum atomic E-state index is 11.4. The van der Waals surface area contributed by atoms with Crippen molar-refractivity contribution in [2.75, 3.05) is 0 Å². The van der Waals surface area contributed by atoms with Crippen LogP contribution in [0, 0.1) is 32.5 Å². The molecule has 0 aliphatic carbocycles. The third-order valence-corrected chi connectivity index (χ3v) is 4.99. The molecule has 0 bridgehead atoms. The summed E-state index contributed by atoms with van der Waals surface area (Å²) in [6.07, 6.45) is 0. The summed E-state index contributed by atoms with van der Waals surface area (Å²) in [5.74, 6) is -7.40. The minimum absolute atomic E-state index is 0. The SMILES string of the molecule is CC(C)(C)C(=O)OC(=O)C(=O)C(C)(C)C.CC(C)(C)C(=O)OC(=O)C(=O)C(C)(C)C.CC(C)(C)C(=O)OC(=O)C(=O)C(C)(C)C.[SrH2]. The van der Waals surface area contributed by atoms with Gasteiger partial charge in [-0.25, -0.2) is 14.4 Å². The van der Waals surface area contributed by atoms with Gasteiger partial charge in [0.15, 0.2) is 0 Å². The Morgan fingerprint density at radius 1 is 0.283 bits per heavy atom. The Bertz CT molecular complexity index is 1020. The molecule has 0 aromatic rings. The normalized spacial score (nSPS) is 11.9. The summed E-state index contributed by atoms with van der Waals surface area (Å²) in [5, 5.41) is 0. The minimum atomic E-state index is -1.08. The van der Waals surface area contributed by atoms with Gasteiger partial charge in [0, 0.05) is 16.2 Å². The summed E-state index contributed by atoms with van der Waals surface area (Å²) in [6.45, 7) is 28.9. The van der Waals surface area contributed by atoms with E-state index in [4.69, 9.17) is 0 Å². The van der Waals surface area contributed by atoms with Crippen molar-refractivity contribution in [3.05, 3.63) is 0 Å². The topological polar surface area (TPSA) is 181 Å². The third kappa shape index (κ3) is 20.9. The van der Waals surface area contributed by atoms with Gasteiger partial charge in [0.05, 0.1) is 16.2 Å². The van der Waals surface area contributed by atoms with Gasteiger partial charge < -0.3 is 14.2 Å². The van der Waals surface area contributed by atoms with E-state index in [2.05, 4.69) is 14.2 Å². The predicted molar refractivity (Wildman–Crippen MR) is 174 cm³/mol. The van der Waals surface area contributed by atoms with Crippen molar-refractivity contribution in [1.82, 2.24) is 0 Å². The van der Waals surface area contributed by atoms with Crippen LogP contribution < -0.4 is 0 Å². The third-order valence-electron chi connectivity index (χ3n) is 4.99. The molecule has 0 radical (unpaired) electrons. The van der Waals surface area contributed by atoms with Crippen LogP contribution in [0.4, 0.5) is 0 Å². The zero-order valence-electron chi connectivity index (χ0n) is 30.4. The Hall–Kier alpha value is -2.09. The molecule has 0 aromatic heterocycles. The first-order chi connectivity index (χ1) is 19.4. The number of hydrogen-bond donors (Lipinski definition) is 0. The molecular weight excluding hydrogens is 676 g/mol. The fourth-order valence-corrected chi connectivity index (χ4v) is 1.77. The van der Waals surface area contributed by atoms with Crippen molar-refractivity contribution in [2.45, 2.75) is 125 Å². The van der Waals surface area contributed by atoms with Crippen LogP contribution in [0.3, 0.4) is 0 Å². The standard InChI is InChI=1S/3C11H18O4.Sr.2H/c3*1-10(2,3)7(12)8(13)15-9(14)11(4,5)6;;;/h3*1-6H3;;;. The Kier molecular flexibility index (Phi) is 20.4. The van der Waals surface area contributed by atoms with E-state index in [1.54, 1.807) is 125 Å². The number of ether oxygens (including phenoxy) is 3. The first-order valence-corrected chi connectivity index (χ1v) is 14.3. The second kappa shape index (κ2) is 18.5. The predicted octanol–water partition coefficient (Wildman–Crippen LogP) is 4.24. The van der Waals surface area contributed by atoms with Gasteiger partial charge in [-0.2, -0.15) is 0 Å². The van der Waals surface area contributed by atoms with Crippen molar-refractivity contribution >= 4 is 98.6 Å². The van der Waals surface area contributed by atoms with Gasteiger partial charge in [0.1, 0.15) is 0 Å². The average molecular weight is 732 g/mol. The zero-order chi connectivity index (χ0) is 37.3. The molecule has 0 aromatic carbocycles. The number of carbonyl (C=O) groups is 9. The van der Waals surface area contributed by atoms with E-state index in [0.717, 1.165) is 0 Å². The van der Waals surface area contributed by atoms with Gasteiger partial charge in [-0.3, -0.25) is 28.8 Å². The average Bonchev–Trinajstić information content (AvgIpc) is 2.79. The van der Waals surface area contributed by atoms with Crippen LogP contribution in [0.5, 0.6) is 0 Å². The summed E-state index contributed by atoms with van der Waals surface area (Å²) >= 11 is 0. The number of carbonyl (C=O) groups excluding carboxylic acids is 9. The fraction of sp³-hybridized carbons (Fsp3) is 0.727. The second-order valence-corrected chi connectivity index (χ2v) is 16.5. The van der Waals surface area contributed by atoms with E-state index in [0.29, 0.717) is 0 Å². The first-order valence-electron chi connectivity index (χ1n) is 14.3. The Balaban J connectivity index is -0.000000285. The van der Waals surface area contributed by atoms with Gasteiger partial charge >= 0.3 is 81.3 Å². The molecule has 0 amide bonds. The van der Waals surface area contributed by atoms with E-state index >= 15 is 0 Å². The summed E-state index contributed by atoms with van der Waals surface area (Å²) in [7, 11) is 0. The van der Waals surface area contributed by atoms with Gasteiger partial charge in [-0.15, -0.1) is 0 Å². The molecule has 0 rings (SSSR count). The quantitative estimate of drug-likeness (QED) is 0.133. The van der Waals surface area contributed by atoms with Gasteiger partial charge in [-0.05, 0) is 62.3 Å². The van der Waals surface area contributed by atoms with Crippen LogP contribution in [0.1, 0.15) is 125 Å². The molecule has 0 aliphatic rings. The van der Waals surface area contributed by atoms with Crippen molar-refractivity contribution in [1.29, 1.82) is 0 Å². The molecule has 0 saturated heterocycles. The van der Waals surface area contributed by atoms with E-state index in [-0.39, 0.29) is 45.5 Å². The van der Waals surface area contributed by atoms with E-state index in [1.807, 2.05) is 0 Å². The first kappa shape index (κ1) is 50.8. The molecule has 262 valence electrons. The van der Waals surface area contributed by atoms with Crippen molar-refractivity contribution in [3.8, 4) is 0 Å². The maximum absolute atomic E-state index is 11.4. The van der Waals surface area contributed by atoms with Crippen LogP contribution >= 0.6 is 0 Å². The van der Waals surface area contributed by atoms with Crippen molar-refractivity contribution in [2.24, 2.45) is 32.5 Å². The van der Waals surface area contributed by atoms with E-state index in [1.165, 1.54) is 0 Å². The molecule has 12 nitrogen and oxygen atoms in total. The number of esters is 6. The number of ketones is 3. The van der Waals surface area contributed by atoms with Crippen LogP contribution in [0.15, 0.2) is 0 Å². The van der Waals surface area contributed by atoms with Gasteiger partial charge in [0.25, 0.3) is 0 Å². The second-order valence-electron chi connectivity index (χ2n) is 16.5. The zero-order valence-corrected chi connectivity index (χ0v) is 30.4. The Labute approximate surface area is 311 Å². The molecule has 0 aliphatic heterocycles. The molecule has 0 atom stereocenters. The summed E-state index contributed by atoms with van der Waals surface area (Å²) in [6, 6.07) is 0. The molecule has 0 fully saturated rings. The molecule has 0 saturated carbocycles. The summed E-state index contributed by atoms with van der Waals surface area (Å²) in [4.78, 5) is 102. The monoisotopic (exact) mass is 732 g/mol. The number of Topliss-reactive ketones (excluding diaryl/α,β-unsaturated/α-hetero) is 3. The Morgan fingerprint density at radius 3 is 0.500 bits per heavy atom. The van der Waals surface area contributed by atoms with Crippen molar-refractivity contribution < 1.29 is 57.4 Å². The van der Waals surface area contributed by atoms with Crippen LogP contribution in [0.25, 0.3) is 0 Å². The summed E-state index contributed by atoms with van der Waals surface area (Å²) < 4.78 is 13.4. The van der Waals surface area contributed by atoms with Gasteiger partial charge in [0.2, 0.25) is 17.3 Å². The molecular formula is C33H56O12Sr. The van der Waals surface area contributed by atoms with Crippen LogP contribution in [0.2, 0.25) is 0 Å². The van der Waals surface area contributed by atoms with E-state index < -0.39 is 85.7 Å².